The maximum absolute atomic E-state index is 10.2. The summed E-state index contributed by atoms with van der Waals surface area (Å²) in [6, 6.07) is 9.13. The van der Waals surface area contributed by atoms with E-state index in [1.165, 1.54) is 0 Å². The van der Waals surface area contributed by atoms with Gasteiger partial charge < -0.3 is 9.84 Å². The van der Waals surface area contributed by atoms with E-state index in [9.17, 15) is 9.59 Å². The fraction of sp³-hybridized carbons (Fsp3) is 0.385. The number of carboxylic acids is 1. The van der Waals surface area contributed by atoms with Gasteiger partial charge in [0.1, 0.15) is 0 Å². The summed E-state index contributed by atoms with van der Waals surface area (Å²) in [7, 11) is 0. The molecular weight excluding hydrogens is 220 g/mol. The topological polar surface area (TPSA) is 63.6 Å². The lowest BCUT2D eigenvalue weighted by Crippen LogP contribution is -2.00. The molecule has 0 amide bonds. The summed E-state index contributed by atoms with van der Waals surface area (Å²) >= 11 is 0. The van der Waals surface area contributed by atoms with Gasteiger partial charge in [0.05, 0.1) is 13.0 Å². The van der Waals surface area contributed by atoms with Crippen molar-refractivity contribution in [2.24, 2.45) is 0 Å². The lowest BCUT2D eigenvalue weighted by Gasteiger charge is -1.93. The van der Waals surface area contributed by atoms with Crippen molar-refractivity contribution in [1.82, 2.24) is 0 Å². The highest BCUT2D eigenvalue weighted by Crippen LogP contribution is 1.98. The maximum atomic E-state index is 10.2. The van der Waals surface area contributed by atoms with Crippen molar-refractivity contribution in [3.63, 3.8) is 0 Å². The minimum atomic E-state index is -0.786. The number of carbonyl (C=O) groups is 2. The molecule has 0 aliphatic heterocycles. The monoisotopic (exact) mass is 238 g/mol. The number of esters is 1. The zero-order chi connectivity index (χ0) is 13.1. The van der Waals surface area contributed by atoms with Crippen molar-refractivity contribution >= 4 is 11.9 Å². The first-order valence-corrected chi connectivity index (χ1v) is 5.51. The van der Waals surface area contributed by atoms with Gasteiger partial charge in [-0.05, 0) is 12.5 Å². The van der Waals surface area contributed by atoms with Gasteiger partial charge in [-0.25, -0.2) is 0 Å². The molecule has 0 bridgehead atoms. The molecule has 0 unspecified atom stereocenters. The molecule has 4 nitrogen and oxygen atoms in total. The molecule has 0 saturated carbocycles. The van der Waals surface area contributed by atoms with Crippen molar-refractivity contribution in [3.8, 4) is 0 Å². The number of hydrogen-bond donors (Lipinski definition) is 1. The van der Waals surface area contributed by atoms with Crippen LogP contribution in [0.2, 0.25) is 0 Å². The number of aliphatic carboxylic acids is 1. The number of benzene rings is 1. The van der Waals surface area contributed by atoms with Crippen molar-refractivity contribution in [2.75, 3.05) is 6.61 Å². The lowest BCUT2D eigenvalue weighted by atomic mass is 10.2. The van der Waals surface area contributed by atoms with Crippen molar-refractivity contribution < 1.29 is 19.4 Å². The second kappa shape index (κ2) is 9.39. The van der Waals surface area contributed by atoms with Crippen LogP contribution in [0.3, 0.4) is 0 Å². The van der Waals surface area contributed by atoms with Crippen LogP contribution in [-0.2, 0) is 20.7 Å². The van der Waals surface area contributed by atoms with Crippen LogP contribution in [0.15, 0.2) is 30.3 Å². The normalized spacial score (nSPS) is 8.82. The molecule has 0 spiro atoms. The highest BCUT2D eigenvalue weighted by Gasteiger charge is 1.96. The molecule has 17 heavy (non-hydrogen) atoms. The predicted molar refractivity (Wildman–Crippen MR) is 64.7 cm³/mol. The van der Waals surface area contributed by atoms with E-state index in [1.54, 1.807) is 26.0 Å². The summed E-state index contributed by atoms with van der Waals surface area (Å²) in [6.07, 6.45) is 0.592. The molecule has 0 fully saturated rings. The van der Waals surface area contributed by atoms with Gasteiger partial charge >= 0.3 is 11.9 Å². The van der Waals surface area contributed by atoms with Crippen molar-refractivity contribution in [1.29, 1.82) is 0 Å². The second-order valence-corrected chi connectivity index (χ2v) is 3.21. The number of carbonyl (C=O) groups excluding carboxylic acids is 1. The summed E-state index contributed by atoms with van der Waals surface area (Å²) in [5.74, 6) is -0.909. The minimum absolute atomic E-state index is 0.112. The van der Waals surface area contributed by atoms with Crippen LogP contribution >= 0.6 is 0 Å². The van der Waals surface area contributed by atoms with Crippen LogP contribution in [-0.4, -0.2) is 23.7 Å². The SMILES string of the molecule is CCOC(=O)CC.O=C(O)Cc1ccccc1. The van der Waals surface area contributed by atoms with Crippen molar-refractivity contribution in [3.05, 3.63) is 35.9 Å². The average molecular weight is 238 g/mol. The molecule has 0 aliphatic rings. The van der Waals surface area contributed by atoms with E-state index in [2.05, 4.69) is 4.74 Å². The lowest BCUT2D eigenvalue weighted by molar-refractivity contribution is -0.142. The number of rotatable bonds is 4. The first-order valence-electron chi connectivity index (χ1n) is 5.51. The first kappa shape index (κ1) is 15.2. The largest absolute Gasteiger partial charge is 0.481 e. The molecule has 0 saturated heterocycles. The smallest absolute Gasteiger partial charge is 0.307 e. The molecule has 0 heterocycles. The zero-order valence-electron chi connectivity index (χ0n) is 10.2. The Morgan fingerprint density at radius 1 is 1.18 bits per heavy atom. The highest BCUT2D eigenvalue weighted by molar-refractivity contribution is 5.70. The maximum Gasteiger partial charge on any atom is 0.307 e. The van der Waals surface area contributed by atoms with E-state index in [1.807, 2.05) is 18.2 Å². The van der Waals surface area contributed by atoms with E-state index in [0.717, 1.165) is 5.56 Å². The van der Waals surface area contributed by atoms with Gasteiger partial charge in [0.25, 0.3) is 0 Å². The summed E-state index contributed by atoms with van der Waals surface area (Å²) in [5.41, 5.74) is 0.843. The molecule has 0 aliphatic carbocycles. The predicted octanol–water partition coefficient (Wildman–Crippen LogP) is 2.27. The van der Waals surface area contributed by atoms with E-state index >= 15 is 0 Å². The van der Waals surface area contributed by atoms with Gasteiger partial charge in [0.15, 0.2) is 0 Å². The Kier molecular flexibility index (Phi) is 8.37. The van der Waals surface area contributed by atoms with E-state index in [0.29, 0.717) is 13.0 Å². The Morgan fingerprint density at radius 2 is 1.76 bits per heavy atom. The highest BCUT2D eigenvalue weighted by atomic mass is 16.5. The summed E-state index contributed by atoms with van der Waals surface area (Å²) in [4.78, 5) is 20.4. The fourth-order valence-corrected chi connectivity index (χ4v) is 1.03. The van der Waals surface area contributed by atoms with Gasteiger partial charge in [0.2, 0.25) is 0 Å². The summed E-state index contributed by atoms with van der Waals surface area (Å²) in [5, 5.41) is 8.37. The molecule has 1 rings (SSSR count). The van der Waals surface area contributed by atoms with Crippen molar-refractivity contribution in [2.45, 2.75) is 26.7 Å². The summed E-state index contributed by atoms with van der Waals surface area (Å²) in [6.45, 7) is 4.07. The van der Waals surface area contributed by atoms with Gasteiger partial charge in [-0.2, -0.15) is 0 Å². The third-order valence-corrected chi connectivity index (χ3v) is 1.79. The minimum Gasteiger partial charge on any atom is -0.481 e. The molecule has 1 N–H and O–H groups in total. The average Bonchev–Trinajstić information content (AvgIpc) is 2.30. The third kappa shape index (κ3) is 9.11. The number of ether oxygens (including phenoxy) is 1. The van der Waals surface area contributed by atoms with Crippen LogP contribution in [0.4, 0.5) is 0 Å². The zero-order valence-corrected chi connectivity index (χ0v) is 10.2. The standard InChI is InChI=1S/C8H8O2.C5H10O2/c9-8(10)6-7-4-2-1-3-5-7;1-3-5(6)7-4-2/h1-5H,6H2,(H,9,10);3-4H2,1-2H3. The molecule has 1 aromatic carbocycles. The molecule has 4 heteroatoms. The molecule has 0 aromatic heterocycles. The van der Waals surface area contributed by atoms with E-state index in [-0.39, 0.29) is 12.4 Å². The van der Waals surface area contributed by atoms with Gasteiger partial charge in [-0.15, -0.1) is 0 Å². The van der Waals surface area contributed by atoms with E-state index < -0.39 is 5.97 Å². The quantitative estimate of drug-likeness (QED) is 0.817. The summed E-state index contributed by atoms with van der Waals surface area (Å²) < 4.78 is 4.55. The van der Waals surface area contributed by atoms with Crippen LogP contribution in [0.25, 0.3) is 0 Å². The fourth-order valence-electron chi connectivity index (χ4n) is 1.03. The Bertz CT molecular complexity index is 333. The van der Waals surface area contributed by atoms with Gasteiger partial charge in [0, 0.05) is 6.42 Å². The Hall–Kier alpha value is -1.84. The van der Waals surface area contributed by atoms with Crippen LogP contribution in [0.5, 0.6) is 0 Å². The van der Waals surface area contributed by atoms with Gasteiger partial charge in [-0.3, -0.25) is 9.59 Å². The second-order valence-electron chi connectivity index (χ2n) is 3.21. The van der Waals surface area contributed by atoms with Crippen LogP contribution in [0.1, 0.15) is 25.8 Å². The molecule has 0 atom stereocenters. The third-order valence-electron chi connectivity index (χ3n) is 1.79. The van der Waals surface area contributed by atoms with Gasteiger partial charge in [-0.1, -0.05) is 37.3 Å². The number of carboxylic acid groups (broad SMARTS) is 1. The molecule has 1 aromatic rings. The Morgan fingerprint density at radius 3 is 2.12 bits per heavy atom. The molecule has 94 valence electrons. The molecule has 0 radical (unpaired) electrons. The first-order chi connectivity index (χ1) is 8.10. The number of hydrogen-bond acceptors (Lipinski definition) is 3. The Labute approximate surface area is 101 Å². The van der Waals surface area contributed by atoms with E-state index in [4.69, 9.17) is 5.11 Å². The van der Waals surface area contributed by atoms with Crippen LogP contribution < -0.4 is 0 Å². The molecular formula is C13H18O4. The Balaban J connectivity index is 0.000000325. The van der Waals surface area contributed by atoms with Crippen LogP contribution in [0, 0.1) is 0 Å².